The number of nitrogens with one attached hydrogen (secondary N) is 1. The summed E-state index contributed by atoms with van der Waals surface area (Å²) in [4.78, 5) is 20.7. The van der Waals surface area contributed by atoms with Gasteiger partial charge in [0.05, 0.1) is 44.4 Å². The Hall–Kier alpha value is -3.36. The molecule has 0 amide bonds. The van der Waals surface area contributed by atoms with Gasteiger partial charge in [0, 0.05) is 37.5 Å². The van der Waals surface area contributed by atoms with Gasteiger partial charge in [-0.1, -0.05) is 0 Å². The maximum absolute atomic E-state index is 13.5. The molecule has 0 aliphatic carbocycles. The summed E-state index contributed by atoms with van der Waals surface area (Å²) in [6.07, 6.45) is 0.937. The highest BCUT2D eigenvalue weighted by atomic mass is 16.5. The van der Waals surface area contributed by atoms with E-state index in [1.807, 2.05) is 55.5 Å². The highest BCUT2D eigenvalue weighted by Gasteiger charge is 2.19. The molecule has 0 radical (unpaired) electrons. The maximum atomic E-state index is 13.5. The van der Waals surface area contributed by atoms with E-state index in [-0.39, 0.29) is 5.56 Å². The zero-order chi connectivity index (χ0) is 23.9. The highest BCUT2D eigenvalue weighted by molar-refractivity contribution is 6.03. The number of aromatic amines is 1. The Balaban J connectivity index is 1.63. The summed E-state index contributed by atoms with van der Waals surface area (Å²) in [5, 5.41) is 3.30. The summed E-state index contributed by atoms with van der Waals surface area (Å²) in [5.41, 5.74) is 3.52. The van der Waals surface area contributed by atoms with Crippen LogP contribution in [0.25, 0.3) is 16.9 Å². The minimum absolute atomic E-state index is 0.134. The molecule has 1 aliphatic heterocycles. The molecule has 0 spiro atoms. The number of aromatic nitrogens is 2. The molecule has 1 saturated heterocycles. The molecule has 1 N–H and O–H groups in total. The third kappa shape index (κ3) is 5.40. The van der Waals surface area contributed by atoms with Gasteiger partial charge in [0.25, 0.3) is 5.56 Å². The van der Waals surface area contributed by atoms with E-state index in [1.54, 1.807) is 18.9 Å². The first-order chi connectivity index (χ1) is 16.6. The van der Waals surface area contributed by atoms with Crippen LogP contribution >= 0.6 is 0 Å². The fraction of sp³-hybridized carbons (Fsp3) is 0.385. The van der Waals surface area contributed by atoms with E-state index in [1.165, 1.54) is 0 Å². The number of ether oxygens (including phenoxy) is 3. The van der Waals surface area contributed by atoms with Crippen molar-refractivity contribution in [3.05, 3.63) is 64.4 Å². The van der Waals surface area contributed by atoms with Crippen LogP contribution in [0, 0.1) is 0 Å². The highest BCUT2D eigenvalue weighted by Crippen LogP contribution is 2.24. The Morgan fingerprint density at radius 1 is 1.00 bits per heavy atom. The summed E-state index contributed by atoms with van der Waals surface area (Å²) in [6, 6.07) is 15.0. The van der Waals surface area contributed by atoms with Gasteiger partial charge >= 0.3 is 0 Å². The number of benzene rings is 2. The lowest BCUT2D eigenvalue weighted by molar-refractivity contribution is 0.0377. The molecule has 180 valence electrons. The van der Waals surface area contributed by atoms with Gasteiger partial charge in [0.1, 0.15) is 11.5 Å². The number of rotatable bonds is 9. The fourth-order valence-electron chi connectivity index (χ4n) is 4.10. The van der Waals surface area contributed by atoms with Gasteiger partial charge in [-0.3, -0.25) is 19.8 Å². The van der Waals surface area contributed by atoms with Crippen LogP contribution in [-0.4, -0.2) is 74.0 Å². The lowest BCUT2D eigenvalue weighted by Gasteiger charge is -2.26. The normalized spacial score (nSPS) is 14.9. The van der Waals surface area contributed by atoms with Crippen molar-refractivity contribution < 1.29 is 14.2 Å². The van der Waals surface area contributed by atoms with Gasteiger partial charge in [-0.2, -0.15) is 0 Å². The second-order valence-corrected chi connectivity index (χ2v) is 8.20. The molecule has 34 heavy (non-hydrogen) atoms. The van der Waals surface area contributed by atoms with Crippen LogP contribution in [0.5, 0.6) is 11.5 Å². The van der Waals surface area contributed by atoms with Gasteiger partial charge in [0.15, 0.2) is 0 Å². The quantitative estimate of drug-likeness (QED) is 0.388. The Kier molecular flexibility index (Phi) is 7.82. The van der Waals surface area contributed by atoms with Crippen LogP contribution in [0.2, 0.25) is 0 Å². The molecule has 3 aromatic rings. The molecule has 1 aliphatic rings. The third-order valence-corrected chi connectivity index (χ3v) is 6.05. The zero-order valence-corrected chi connectivity index (χ0v) is 20.0. The van der Waals surface area contributed by atoms with E-state index in [2.05, 4.69) is 10.00 Å². The average Bonchev–Trinajstić information content (AvgIpc) is 3.24. The number of hydrogen-bond donors (Lipinski definition) is 1. The van der Waals surface area contributed by atoms with E-state index >= 15 is 0 Å². The number of aliphatic imine (C=N–C) groups is 1. The van der Waals surface area contributed by atoms with Crippen molar-refractivity contribution in [1.82, 2.24) is 14.7 Å². The molecule has 0 saturated carbocycles. The minimum atomic E-state index is -0.134. The van der Waals surface area contributed by atoms with Crippen molar-refractivity contribution in [1.29, 1.82) is 0 Å². The van der Waals surface area contributed by atoms with Crippen molar-refractivity contribution in [2.45, 2.75) is 13.3 Å². The van der Waals surface area contributed by atoms with Gasteiger partial charge in [-0.15, -0.1) is 0 Å². The Labute approximate surface area is 199 Å². The van der Waals surface area contributed by atoms with Crippen molar-refractivity contribution in [3.8, 4) is 28.4 Å². The first-order valence-corrected chi connectivity index (χ1v) is 11.6. The monoisotopic (exact) mass is 464 g/mol. The summed E-state index contributed by atoms with van der Waals surface area (Å²) in [7, 11) is 3.25. The molecule has 1 aromatic heterocycles. The fourth-order valence-corrected chi connectivity index (χ4v) is 4.10. The number of morpholine rings is 1. The third-order valence-electron chi connectivity index (χ3n) is 6.05. The molecule has 0 bridgehead atoms. The minimum Gasteiger partial charge on any atom is -0.497 e. The van der Waals surface area contributed by atoms with Gasteiger partial charge in [-0.25, -0.2) is 4.68 Å². The molecule has 0 unspecified atom stereocenters. The summed E-state index contributed by atoms with van der Waals surface area (Å²) >= 11 is 0. The second-order valence-electron chi connectivity index (χ2n) is 8.20. The van der Waals surface area contributed by atoms with Crippen LogP contribution in [0.15, 0.2) is 58.3 Å². The van der Waals surface area contributed by atoms with Crippen LogP contribution in [-0.2, 0) is 4.74 Å². The molecule has 0 atom stereocenters. The van der Waals surface area contributed by atoms with E-state index in [0.29, 0.717) is 12.1 Å². The smallest absolute Gasteiger partial charge is 0.280 e. The van der Waals surface area contributed by atoms with Gasteiger partial charge in [0.2, 0.25) is 0 Å². The first-order valence-electron chi connectivity index (χ1n) is 11.6. The van der Waals surface area contributed by atoms with E-state index in [4.69, 9.17) is 19.2 Å². The van der Waals surface area contributed by atoms with Crippen LogP contribution in [0.1, 0.15) is 18.9 Å². The Morgan fingerprint density at radius 2 is 1.62 bits per heavy atom. The summed E-state index contributed by atoms with van der Waals surface area (Å²) in [6.45, 7) is 7.07. The predicted molar refractivity (Wildman–Crippen MR) is 134 cm³/mol. The van der Waals surface area contributed by atoms with Crippen molar-refractivity contribution in [2.75, 3.05) is 53.6 Å². The average molecular weight is 465 g/mol. The van der Waals surface area contributed by atoms with Gasteiger partial charge < -0.3 is 14.2 Å². The standard InChI is InChI=1S/C26H32N4O4/c1-19(27-13-4-14-29-15-17-34-18-16-29)24-25(20-5-9-22(32-2)10-6-20)28-30(26(24)31)21-7-11-23(33-3)12-8-21/h5-12,28H,4,13-18H2,1-3H3. The van der Waals surface area contributed by atoms with Gasteiger partial charge in [-0.05, 0) is 61.9 Å². The largest absolute Gasteiger partial charge is 0.497 e. The number of nitrogens with zero attached hydrogens (tertiary/aromatic N) is 3. The molecule has 8 heteroatoms. The van der Waals surface area contributed by atoms with E-state index in [9.17, 15) is 4.79 Å². The van der Waals surface area contributed by atoms with E-state index < -0.39 is 0 Å². The predicted octanol–water partition coefficient (Wildman–Crippen LogP) is 3.38. The maximum Gasteiger partial charge on any atom is 0.280 e. The summed E-state index contributed by atoms with van der Waals surface area (Å²) in [5.74, 6) is 1.49. The second kappa shape index (κ2) is 11.2. The lowest BCUT2D eigenvalue weighted by atomic mass is 10.0. The molecule has 4 rings (SSSR count). The van der Waals surface area contributed by atoms with Crippen molar-refractivity contribution >= 4 is 5.71 Å². The SMILES string of the molecule is COc1ccc(-c2[nH]n(-c3ccc(OC)cc3)c(=O)c2C(C)=NCCCN2CCOCC2)cc1. The number of methoxy groups -OCH3 is 2. The van der Waals surface area contributed by atoms with Crippen LogP contribution < -0.4 is 15.0 Å². The first kappa shape index (κ1) is 23.8. The van der Waals surface area contributed by atoms with Crippen LogP contribution in [0.4, 0.5) is 0 Å². The molecule has 8 nitrogen and oxygen atoms in total. The molecular formula is C26H32N4O4. The zero-order valence-electron chi connectivity index (χ0n) is 20.0. The van der Waals surface area contributed by atoms with Crippen molar-refractivity contribution in [2.24, 2.45) is 4.99 Å². The Morgan fingerprint density at radius 3 is 2.24 bits per heavy atom. The summed E-state index contributed by atoms with van der Waals surface area (Å²) < 4.78 is 17.5. The molecule has 1 fully saturated rings. The lowest BCUT2D eigenvalue weighted by Crippen LogP contribution is -2.37. The number of H-pyrrole nitrogens is 1. The molecular weight excluding hydrogens is 432 g/mol. The van der Waals surface area contributed by atoms with E-state index in [0.717, 1.165) is 73.4 Å². The molecule has 2 aromatic carbocycles. The molecule has 2 heterocycles. The Bertz CT molecular complexity index is 1160. The van der Waals surface area contributed by atoms with Crippen LogP contribution in [0.3, 0.4) is 0 Å². The van der Waals surface area contributed by atoms with Crippen molar-refractivity contribution in [3.63, 3.8) is 0 Å². The number of hydrogen-bond acceptors (Lipinski definition) is 6. The topological polar surface area (TPSA) is 81.1 Å².